The van der Waals surface area contributed by atoms with Crippen LogP contribution in [0.2, 0.25) is 0 Å². The standard InChI is InChI=1S/C13H16N4O4S2/c1-23(19,20)17-6-4-9(5-7-17)11(18)14-13-16-15-12(21-13)10-3-2-8-22-10/h2-3,8-9H,4-7H2,1H3,(H,14,16,18). The fraction of sp³-hybridized carbons (Fsp3) is 0.462. The Morgan fingerprint density at radius 3 is 2.74 bits per heavy atom. The van der Waals surface area contributed by atoms with Crippen molar-refractivity contribution in [3.05, 3.63) is 17.5 Å². The Morgan fingerprint density at radius 1 is 1.39 bits per heavy atom. The Kier molecular flexibility index (Phi) is 4.46. The molecular weight excluding hydrogens is 340 g/mol. The van der Waals surface area contributed by atoms with Crippen molar-refractivity contribution in [1.29, 1.82) is 0 Å². The van der Waals surface area contributed by atoms with E-state index >= 15 is 0 Å². The van der Waals surface area contributed by atoms with Crippen LogP contribution in [0.1, 0.15) is 12.8 Å². The lowest BCUT2D eigenvalue weighted by atomic mass is 9.97. The molecular formula is C13H16N4O4S2. The van der Waals surface area contributed by atoms with Gasteiger partial charge in [-0.1, -0.05) is 11.2 Å². The first-order chi connectivity index (χ1) is 10.9. The summed E-state index contributed by atoms with van der Waals surface area (Å²) in [5, 5.41) is 12.2. The molecule has 0 unspecified atom stereocenters. The topological polar surface area (TPSA) is 105 Å². The summed E-state index contributed by atoms with van der Waals surface area (Å²) in [6.07, 6.45) is 2.13. The summed E-state index contributed by atoms with van der Waals surface area (Å²) in [4.78, 5) is 13.0. The Bertz CT molecular complexity index is 777. The number of hydrogen-bond donors (Lipinski definition) is 1. The molecule has 8 nitrogen and oxygen atoms in total. The molecule has 1 N–H and O–H groups in total. The Morgan fingerprint density at radius 2 is 2.13 bits per heavy atom. The number of anilines is 1. The van der Waals surface area contributed by atoms with Crippen LogP contribution in [0.3, 0.4) is 0 Å². The average Bonchev–Trinajstić information content (AvgIpc) is 3.17. The molecule has 1 aliphatic rings. The maximum absolute atomic E-state index is 12.2. The number of piperidine rings is 1. The van der Waals surface area contributed by atoms with Gasteiger partial charge in [-0.25, -0.2) is 12.7 Å². The summed E-state index contributed by atoms with van der Waals surface area (Å²) >= 11 is 1.47. The maximum Gasteiger partial charge on any atom is 0.322 e. The van der Waals surface area contributed by atoms with E-state index in [2.05, 4.69) is 15.5 Å². The Hall–Kier alpha value is -1.78. The number of nitrogens with zero attached hydrogens (tertiary/aromatic N) is 3. The van der Waals surface area contributed by atoms with Gasteiger partial charge in [0, 0.05) is 19.0 Å². The van der Waals surface area contributed by atoms with Crippen molar-refractivity contribution < 1.29 is 17.6 Å². The lowest BCUT2D eigenvalue weighted by molar-refractivity contribution is -0.121. The van der Waals surface area contributed by atoms with Crippen LogP contribution in [0.15, 0.2) is 21.9 Å². The van der Waals surface area contributed by atoms with Gasteiger partial charge < -0.3 is 4.42 Å². The van der Waals surface area contributed by atoms with E-state index in [4.69, 9.17) is 4.42 Å². The summed E-state index contributed by atoms with van der Waals surface area (Å²) in [7, 11) is -3.19. The number of carbonyl (C=O) groups is 1. The van der Waals surface area contributed by atoms with Crippen LogP contribution >= 0.6 is 11.3 Å². The highest BCUT2D eigenvalue weighted by atomic mass is 32.2. The predicted octanol–water partition coefficient (Wildman–Crippen LogP) is 1.41. The number of carbonyl (C=O) groups excluding carboxylic acids is 1. The van der Waals surface area contributed by atoms with Crippen molar-refractivity contribution in [2.45, 2.75) is 12.8 Å². The second-order valence-corrected chi connectivity index (χ2v) is 8.25. The van der Waals surface area contributed by atoms with Crippen molar-refractivity contribution in [3.8, 4) is 10.8 Å². The molecule has 3 rings (SSSR count). The second-order valence-electron chi connectivity index (χ2n) is 5.32. The molecule has 1 aliphatic heterocycles. The number of rotatable bonds is 4. The van der Waals surface area contributed by atoms with E-state index in [1.807, 2.05) is 17.5 Å². The van der Waals surface area contributed by atoms with Gasteiger partial charge in [-0.05, 0) is 24.3 Å². The van der Waals surface area contributed by atoms with E-state index in [0.29, 0.717) is 31.8 Å². The highest BCUT2D eigenvalue weighted by Gasteiger charge is 2.29. The second kappa shape index (κ2) is 6.38. The number of aromatic nitrogens is 2. The molecule has 124 valence electrons. The van der Waals surface area contributed by atoms with Crippen molar-refractivity contribution >= 4 is 33.3 Å². The summed E-state index contributed by atoms with van der Waals surface area (Å²) in [6, 6.07) is 3.78. The highest BCUT2D eigenvalue weighted by molar-refractivity contribution is 7.88. The van der Waals surface area contributed by atoms with Gasteiger partial charge in [0.1, 0.15) is 0 Å². The van der Waals surface area contributed by atoms with Gasteiger partial charge in [-0.3, -0.25) is 10.1 Å². The molecule has 3 heterocycles. The molecule has 0 aromatic carbocycles. The lowest BCUT2D eigenvalue weighted by Crippen LogP contribution is -2.40. The lowest BCUT2D eigenvalue weighted by Gasteiger charge is -2.28. The van der Waals surface area contributed by atoms with Crippen LogP contribution in [0, 0.1) is 5.92 Å². The predicted molar refractivity (Wildman–Crippen MR) is 85.4 cm³/mol. The van der Waals surface area contributed by atoms with Crippen LogP contribution in [-0.4, -0.2) is 48.2 Å². The number of hydrogen-bond acceptors (Lipinski definition) is 7. The molecule has 2 aromatic heterocycles. The molecule has 0 aliphatic carbocycles. The van der Waals surface area contributed by atoms with E-state index in [1.54, 1.807) is 0 Å². The molecule has 0 spiro atoms. The minimum Gasteiger partial charge on any atom is -0.402 e. The van der Waals surface area contributed by atoms with E-state index in [-0.39, 0.29) is 17.8 Å². The van der Waals surface area contributed by atoms with E-state index in [9.17, 15) is 13.2 Å². The number of amides is 1. The fourth-order valence-electron chi connectivity index (χ4n) is 2.43. The van der Waals surface area contributed by atoms with Crippen LogP contribution in [0.5, 0.6) is 0 Å². The third-order valence-corrected chi connectivity index (χ3v) is 5.84. The molecule has 0 bridgehead atoms. The molecule has 10 heteroatoms. The minimum atomic E-state index is -3.19. The van der Waals surface area contributed by atoms with Gasteiger partial charge >= 0.3 is 6.01 Å². The molecule has 2 aromatic rings. The molecule has 0 saturated carbocycles. The van der Waals surface area contributed by atoms with Crippen molar-refractivity contribution in [3.63, 3.8) is 0 Å². The fourth-order valence-corrected chi connectivity index (χ4v) is 3.95. The molecule has 1 amide bonds. The molecule has 1 fully saturated rings. The van der Waals surface area contributed by atoms with E-state index in [1.165, 1.54) is 21.9 Å². The Labute approximate surface area is 137 Å². The highest BCUT2D eigenvalue weighted by Crippen LogP contribution is 2.25. The van der Waals surface area contributed by atoms with Crippen molar-refractivity contribution in [2.24, 2.45) is 5.92 Å². The maximum atomic E-state index is 12.2. The van der Waals surface area contributed by atoms with E-state index < -0.39 is 10.0 Å². The number of nitrogens with one attached hydrogen (secondary N) is 1. The summed E-state index contributed by atoms with van der Waals surface area (Å²) in [5.74, 6) is -0.119. The third-order valence-electron chi connectivity index (χ3n) is 3.68. The average molecular weight is 356 g/mol. The van der Waals surface area contributed by atoms with Crippen LogP contribution in [-0.2, 0) is 14.8 Å². The zero-order valence-electron chi connectivity index (χ0n) is 12.4. The van der Waals surface area contributed by atoms with Crippen LogP contribution < -0.4 is 5.32 Å². The van der Waals surface area contributed by atoms with Crippen LogP contribution in [0.4, 0.5) is 6.01 Å². The van der Waals surface area contributed by atoms with Crippen LogP contribution in [0.25, 0.3) is 10.8 Å². The van der Waals surface area contributed by atoms with Gasteiger partial charge in [0.05, 0.1) is 11.1 Å². The van der Waals surface area contributed by atoms with E-state index in [0.717, 1.165) is 4.88 Å². The normalized spacial score (nSPS) is 17.3. The molecule has 0 atom stereocenters. The third kappa shape index (κ3) is 3.77. The molecule has 1 saturated heterocycles. The molecule has 0 radical (unpaired) electrons. The van der Waals surface area contributed by atoms with Crippen molar-refractivity contribution in [2.75, 3.05) is 24.7 Å². The summed E-state index contributed by atoms with van der Waals surface area (Å²) in [5.41, 5.74) is 0. The van der Waals surface area contributed by atoms with Gasteiger partial charge in [0.15, 0.2) is 0 Å². The SMILES string of the molecule is CS(=O)(=O)N1CCC(C(=O)Nc2nnc(-c3cccs3)o2)CC1. The first kappa shape index (κ1) is 16.1. The summed E-state index contributed by atoms with van der Waals surface area (Å²) in [6.45, 7) is 0.697. The van der Waals surface area contributed by atoms with Gasteiger partial charge in [0.2, 0.25) is 15.9 Å². The van der Waals surface area contributed by atoms with Gasteiger partial charge in [-0.2, -0.15) is 0 Å². The van der Waals surface area contributed by atoms with Crippen molar-refractivity contribution in [1.82, 2.24) is 14.5 Å². The zero-order valence-corrected chi connectivity index (χ0v) is 14.1. The van der Waals surface area contributed by atoms with Gasteiger partial charge in [0.25, 0.3) is 5.89 Å². The number of sulfonamides is 1. The minimum absolute atomic E-state index is 0.0592. The first-order valence-electron chi connectivity index (χ1n) is 7.07. The first-order valence-corrected chi connectivity index (χ1v) is 9.79. The zero-order chi connectivity index (χ0) is 16.4. The number of thiophene rings is 1. The largest absolute Gasteiger partial charge is 0.402 e. The quantitative estimate of drug-likeness (QED) is 0.888. The van der Waals surface area contributed by atoms with Gasteiger partial charge in [-0.15, -0.1) is 16.4 Å². The monoisotopic (exact) mass is 356 g/mol. The Balaban J connectivity index is 1.58. The molecule has 23 heavy (non-hydrogen) atoms. The summed E-state index contributed by atoms with van der Waals surface area (Å²) < 4.78 is 29.7. The smallest absolute Gasteiger partial charge is 0.322 e.